The molecule has 1 rings (SSSR count). The molecule has 0 bridgehead atoms. The predicted octanol–water partition coefficient (Wildman–Crippen LogP) is 2.53. The summed E-state index contributed by atoms with van der Waals surface area (Å²) in [6.45, 7) is 7.57. The second kappa shape index (κ2) is 3.13. The largest absolute Gasteiger partial charge is 0.506 e. The van der Waals surface area contributed by atoms with Crippen molar-refractivity contribution in [1.29, 1.82) is 0 Å². The molecular weight excluding hydrogens is 150 g/mol. The van der Waals surface area contributed by atoms with Crippen molar-refractivity contribution >= 4 is 0 Å². The van der Waals surface area contributed by atoms with Gasteiger partial charge in [0.1, 0.15) is 5.75 Å². The lowest BCUT2D eigenvalue weighted by atomic mass is 10.1. The molecule has 2 nitrogen and oxygen atoms in total. The highest BCUT2D eigenvalue weighted by molar-refractivity contribution is 5.34. The van der Waals surface area contributed by atoms with E-state index in [4.69, 9.17) is 1.37 Å². The second-order valence-corrected chi connectivity index (χ2v) is 3.34. The van der Waals surface area contributed by atoms with Gasteiger partial charge in [0.05, 0.1) is 7.06 Å². The molecule has 0 aliphatic heterocycles. The van der Waals surface area contributed by atoms with E-state index in [1.54, 1.807) is 6.92 Å². The number of aromatic nitrogens is 1. The Bertz CT molecular complexity index is 334. The Morgan fingerprint density at radius 3 is 2.58 bits per heavy atom. The average molecular weight is 166 g/mol. The Morgan fingerprint density at radius 1 is 1.50 bits per heavy atom. The molecule has 2 heteroatoms. The normalized spacial score (nSPS) is 11.9. The fourth-order valence-electron chi connectivity index (χ4n) is 1.05. The van der Waals surface area contributed by atoms with Crippen LogP contribution in [0.5, 0.6) is 5.75 Å². The molecule has 1 aromatic heterocycles. The molecular formula is C10H15NO. The standard InChI is InChI=1S/C10H15NO/c1-6(2)10-9(12)5-7(3)8(4)11-10/h5-6,12H,1-4H3/i5D. The predicted molar refractivity (Wildman–Crippen MR) is 49.5 cm³/mol. The molecule has 0 amide bonds. The first-order chi connectivity index (χ1) is 5.95. The van der Waals surface area contributed by atoms with Crippen molar-refractivity contribution in [2.45, 2.75) is 33.6 Å². The fraction of sp³-hybridized carbons (Fsp3) is 0.500. The van der Waals surface area contributed by atoms with Crippen molar-refractivity contribution in [2.75, 3.05) is 0 Å². The second-order valence-electron chi connectivity index (χ2n) is 3.34. The maximum absolute atomic E-state index is 9.62. The van der Waals surface area contributed by atoms with Crippen LogP contribution in [0.1, 0.15) is 38.1 Å². The maximum atomic E-state index is 9.62. The van der Waals surface area contributed by atoms with E-state index < -0.39 is 0 Å². The van der Waals surface area contributed by atoms with E-state index in [0.29, 0.717) is 5.69 Å². The SMILES string of the molecule is [2H]c1c(C)c(C)nc(C(C)C)c1O. The van der Waals surface area contributed by atoms with Crippen LogP contribution < -0.4 is 0 Å². The molecule has 0 spiro atoms. The number of pyridine rings is 1. The molecule has 0 saturated heterocycles. The van der Waals surface area contributed by atoms with Gasteiger partial charge in [0.2, 0.25) is 0 Å². The average Bonchev–Trinajstić information content (AvgIpc) is 2.07. The molecule has 1 heterocycles. The summed E-state index contributed by atoms with van der Waals surface area (Å²) in [5.74, 6) is 0.182. The maximum Gasteiger partial charge on any atom is 0.137 e. The van der Waals surface area contributed by atoms with Crippen LogP contribution in [0.2, 0.25) is 0 Å². The van der Waals surface area contributed by atoms with Crippen molar-refractivity contribution in [3.8, 4) is 5.75 Å². The molecule has 0 atom stereocenters. The zero-order chi connectivity index (χ0) is 10.2. The smallest absolute Gasteiger partial charge is 0.137 e. The van der Waals surface area contributed by atoms with Crippen LogP contribution in [0.3, 0.4) is 0 Å². The zero-order valence-corrected chi connectivity index (χ0v) is 7.97. The molecule has 1 aromatic rings. The third kappa shape index (κ3) is 1.58. The minimum Gasteiger partial charge on any atom is -0.506 e. The molecule has 0 aliphatic rings. The van der Waals surface area contributed by atoms with Gasteiger partial charge >= 0.3 is 0 Å². The first-order valence-corrected chi connectivity index (χ1v) is 4.11. The van der Waals surface area contributed by atoms with Crippen LogP contribution in [0.4, 0.5) is 0 Å². The third-order valence-electron chi connectivity index (χ3n) is 1.93. The summed E-state index contributed by atoms with van der Waals surface area (Å²) in [5.41, 5.74) is 2.20. The molecule has 0 fully saturated rings. The van der Waals surface area contributed by atoms with Crippen LogP contribution in [0, 0.1) is 13.8 Å². The van der Waals surface area contributed by atoms with Crippen molar-refractivity contribution in [1.82, 2.24) is 4.98 Å². The van der Waals surface area contributed by atoms with Crippen LogP contribution in [0.25, 0.3) is 0 Å². The number of hydrogen-bond acceptors (Lipinski definition) is 2. The van der Waals surface area contributed by atoms with Crippen molar-refractivity contribution in [3.05, 3.63) is 23.0 Å². The Morgan fingerprint density at radius 2 is 2.08 bits per heavy atom. The van der Waals surface area contributed by atoms with Crippen LogP contribution in [-0.2, 0) is 0 Å². The van der Waals surface area contributed by atoms with E-state index in [0.717, 1.165) is 11.3 Å². The lowest BCUT2D eigenvalue weighted by Gasteiger charge is -2.09. The van der Waals surface area contributed by atoms with E-state index >= 15 is 0 Å². The van der Waals surface area contributed by atoms with Gasteiger partial charge < -0.3 is 5.11 Å². The van der Waals surface area contributed by atoms with Crippen LogP contribution in [-0.4, -0.2) is 10.1 Å². The van der Waals surface area contributed by atoms with Gasteiger partial charge in [-0.3, -0.25) is 4.98 Å². The highest BCUT2D eigenvalue weighted by Crippen LogP contribution is 2.24. The fourth-order valence-corrected chi connectivity index (χ4v) is 1.05. The molecule has 66 valence electrons. The monoisotopic (exact) mass is 166 g/mol. The van der Waals surface area contributed by atoms with E-state index in [2.05, 4.69) is 4.98 Å². The minimum atomic E-state index is 0.0260. The number of rotatable bonds is 1. The molecule has 0 aliphatic carbocycles. The summed E-state index contributed by atoms with van der Waals surface area (Å²) in [7, 11) is 0. The van der Waals surface area contributed by atoms with Gasteiger partial charge in [0.25, 0.3) is 0 Å². The summed E-state index contributed by atoms with van der Waals surface area (Å²) in [6, 6.07) is 0.205. The number of hydrogen-bond donors (Lipinski definition) is 1. The van der Waals surface area contributed by atoms with Crippen molar-refractivity contribution in [3.63, 3.8) is 0 Å². The topological polar surface area (TPSA) is 33.1 Å². The van der Waals surface area contributed by atoms with E-state index in [9.17, 15) is 5.11 Å². The Kier molecular flexibility index (Phi) is 1.98. The van der Waals surface area contributed by atoms with E-state index in [1.807, 2.05) is 20.8 Å². The van der Waals surface area contributed by atoms with Gasteiger partial charge in [-0.25, -0.2) is 0 Å². The summed E-state index contributed by atoms with van der Waals surface area (Å²) < 4.78 is 7.63. The van der Waals surface area contributed by atoms with Crippen molar-refractivity contribution < 1.29 is 6.48 Å². The molecule has 0 saturated carbocycles. The number of aryl methyl sites for hydroxylation is 1. The quantitative estimate of drug-likeness (QED) is 0.695. The van der Waals surface area contributed by atoms with Crippen molar-refractivity contribution in [2.24, 2.45) is 0 Å². The highest BCUT2D eigenvalue weighted by Gasteiger charge is 2.08. The summed E-state index contributed by atoms with van der Waals surface area (Å²) in [4.78, 5) is 4.26. The van der Waals surface area contributed by atoms with Gasteiger partial charge in [-0.1, -0.05) is 13.8 Å². The molecule has 12 heavy (non-hydrogen) atoms. The summed E-state index contributed by atoms with van der Waals surface area (Å²) in [6.07, 6.45) is 0. The Balaban J connectivity index is 3.41. The van der Waals surface area contributed by atoms with Gasteiger partial charge in [-0.15, -0.1) is 0 Å². The van der Waals surface area contributed by atoms with E-state index in [-0.39, 0.29) is 17.7 Å². The summed E-state index contributed by atoms with van der Waals surface area (Å²) >= 11 is 0. The number of aromatic hydroxyl groups is 1. The van der Waals surface area contributed by atoms with Crippen LogP contribution in [0.15, 0.2) is 6.04 Å². The lowest BCUT2D eigenvalue weighted by Crippen LogP contribution is -1.97. The van der Waals surface area contributed by atoms with Gasteiger partial charge in [0.15, 0.2) is 0 Å². The molecule has 0 unspecified atom stereocenters. The first kappa shape index (κ1) is 7.59. The number of nitrogens with zero attached hydrogens (tertiary/aromatic N) is 1. The first-order valence-electron chi connectivity index (χ1n) is 4.61. The Labute approximate surface area is 74.7 Å². The molecule has 1 N–H and O–H groups in total. The zero-order valence-electron chi connectivity index (χ0n) is 8.97. The Hall–Kier alpha value is -1.05. The van der Waals surface area contributed by atoms with Gasteiger partial charge in [-0.2, -0.15) is 0 Å². The lowest BCUT2D eigenvalue weighted by molar-refractivity contribution is 0.459. The van der Waals surface area contributed by atoms with Crippen LogP contribution >= 0.6 is 0 Å². The highest BCUT2D eigenvalue weighted by atomic mass is 16.3. The summed E-state index contributed by atoms with van der Waals surface area (Å²) in [5, 5.41) is 9.62. The minimum absolute atomic E-state index is 0.0260. The van der Waals surface area contributed by atoms with Gasteiger partial charge in [0, 0.05) is 5.69 Å². The molecule has 0 aromatic carbocycles. The van der Waals surface area contributed by atoms with Gasteiger partial charge in [-0.05, 0) is 31.4 Å². The third-order valence-corrected chi connectivity index (χ3v) is 1.93. The molecule has 0 radical (unpaired) electrons. The van der Waals surface area contributed by atoms with E-state index in [1.165, 1.54) is 0 Å².